The first-order valence-electron chi connectivity index (χ1n) is 6.28. The van der Waals surface area contributed by atoms with Crippen LogP contribution >= 0.6 is 11.6 Å². The van der Waals surface area contributed by atoms with Crippen LogP contribution < -0.4 is 5.32 Å². The van der Waals surface area contributed by atoms with Crippen LogP contribution in [0.2, 0.25) is 5.02 Å². The predicted octanol–water partition coefficient (Wildman–Crippen LogP) is 2.62. The molecule has 1 aromatic carbocycles. The molecule has 0 spiro atoms. The number of hydrogen-bond donors (Lipinski definition) is 2. The van der Waals surface area contributed by atoms with E-state index in [9.17, 15) is 19.7 Å². The number of aliphatic carboxylic acids is 1. The monoisotopic (exact) mass is 314 g/mol. The Labute approximate surface area is 126 Å². The zero-order valence-corrected chi connectivity index (χ0v) is 12.1. The molecule has 114 valence electrons. The highest BCUT2D eigenvalue weighted by atomic mass is 35.5. The number of carboxylic acids is 1. The number of amides is 1. The smallest absolute Gasteiger partial charge is 0.303 e. The number of carbonyl (C=O) groups is 2. The summed E-state index contributed by atoms with van der Waals surface area (Å²) in [5.74, 6) is -1.42. The molecule has 2 N–H and O–H groups in total. The van der Waals surface area contributed by atoms with E-state index in [2.05, 4.69) is 5.32 Å². The van der Waals surface area contributed by atoms with Crippen LogP contribution in [0, 0.1) is 10.1 Å². The van der Waals surface area contributed by atoms with E-state index in [1.54, 1.807) is 6.92 Å². The van der Waals surface area contributed by atoms with Gasteiger partial charge in [0.2, 0.25) is 0 Å². The van der Waals surface area contributed by atoms with Crippen LogP contribution in [0.3, 0.4) is 0 Å². The standard InChI is InChI=1S/C13H15ClN2O5/c1-8(3-2-4-12(17)18)15-13(19)10-7-9(16(20)21)5-6-11(10)14/h5-8H,2-4H2,1H3,(H,15,19)(H,17,18). The van der Waals surface area contributed by atoms with Gasteiger partial charge in [-0.3, -0.25) is 19.7 Å². The highest BCUT2D eigenvalue weighted by molar-refractivity contribution is 6.33. The molecule has 0 aliphatic carbocycles. The molecule has 0 fully saturated rings. The van der Waals surface area contributed by atoms with Gasteiger partial charge in [-0.2, -0.15) is 0 Å². The summed E-state index contributed by atoms with van der Waals surface area (Å²) in [5.41, 5.74) is -0.195. The molecule has 8 heteroatoms. The third kappa shape index (κ3) is 5.39. The summed E-state index contributed by atoms with van der Waals surface area (Å²) in [5, 5.41) is 22.0. The van der Waals surface area contributed by atoms with Crippen molar-refractivity contribution in [2.24, 2.45) is 0 Å². The molecule has 0 radical (unpaired) electrons. The Morgan fingerprint density at radius 1 is 1.48 bits per heavy atom. The van der Waals surface area contributed by atoms with Gasteiger partial charge in [-0.05, 0) is 25.8 Å². The van der Waals surface area contributed by atoms with Crippen molar-refractivity contribution in [3.8, 4) is 0 Å². The number of nitro benzene ring substituents is 1. The molecule has 0 bridgehead atoms. The summed E-state index contributed by atoms with van der Waals surface area (Å²) >= 11 is 5.86. The van der Waals surface area contributed by atoms with Gasteiger partial charge >= 0.3 is 5.97 Å². The van der Waals surface area contributed by atoms with E-state index >= 15 is 0 Å². The van der Waals surface area contributed by atoms with Crippen molar-refractivity contribution in [3.05, 3.63) is 38.9 Å². The van der Waals surface area contributed by atoms with Gasteiger partial charge in [0.05, 0.1) is 15.5 Å². The van der Waals surface area contributed by atoms with E-state index in [-0.39, 0.29) is 28.7 Å². The molecule has 0 aromatic heterocycles. The fraction of sp³-hybridized carbons (Fsp3) is 0.385. The van der Waals surface area contributed by atoms with E-state index in [1.807, 2.05) is 0 Å². The van der Waals surface area contributed by atoms with Crippen LogP contribution in [0.4, 0.5) is 5.69 Å². The number of nitrogens with zero attached hydrogens (tertiary/aromatic N) is 1. The number of non-ortho nitro benzene ring substituents is 1. The summed E-state index contributed by atoms with van der Waals surface area (Å²) in [6, 6.07) is 3.37. The van der Waals surface area contributed by atoms with Gasteiger partial charge in [-0.15, -0.1) is 0 Å². The molecule has 21 heavy (non-hydrogen) atoms. The fourth-order valence-corrected chi connectivity index (χ4v) is 1.94. The second-order valence-corrected chi connectivity index (χ2v) is 4.99. The van der Waals surface area contributed by atoms with Gasteiger partial charge in [0, 0.05) is 24.6 Å². The molecule has 0 aliphatic rings. The maximum atomic E-state index is 12.0. The van der Waals surface area contributed by atoms with Gasteiger partial charge in [-0.25, -0.2) is 0 Å². The largest absolute Gasteiger partial charge is 0.481 e. The summed E-state index contributed by atoms with van der Waals surface area (Å²) in [4.78, 5) is 32.5. The van der Waals surface area contributed by atoms with Crippen LogP contribution in [-0.2, 0) is 4.79 Å². The van der Waals surface area contributed by atoms with Crippen LogP contribution in [0.1, 0.15) is 36.5 Å². The highest BCUT2D eigenvalue weighted by Gasteiger charge is 2.17. The normalized spacial score (nSPS) is 11.7. The van der Waals surface area contributed by atoms with Crippen molar-refractivity contribution in [3.63, 3.8) is 0 Å². The van der Waals surface area contributed by atoms with Crippen molar-refractivity contribution >= 4 is 29.2 Å². The Kier molecular flexibility index (Phi) is 6.10. The predicted molar refractivity (Wildman–Crippen MR) is 76.5 cm³/mol. The number of hydrogen-bond acceptors (Lipinski definition) is 4. The zero-order valence-electron chi connectivity index (χ0n) is 11.3. The number of benzene rings is 1. The third-order valence-electron chi connectivity index (χ3n) is 2.81. The molecule has 1 rings (SSSR count). The molecule has 0 aliphatic heterocycles. The molecule has 0 saturated heterocycles. The van der Waals surface area contributed by atoms with E-state index in [4.69, 9.17) is 16.7 Å². The molecule has 7 nitrogen and oxygen atoms in total. The summed E-state index contributed by atoms with van der Waals surface area (Å²) in [7, 11) is 0. The minimum absolute atomic E-state index is 0.0240. The quantitative estimate of drug-likeness (QED) is 0.594. The SMILES string of the molecule is CC(CCCC(=O)O)NC(=O)c1cc([N+](=O)[O-])ccc1Cl. The minimum atomic E-state index is -0.893. The van der Waals surface area contributed by atoms with Gasteiger partial charge < -0.3 is 10.4 Å². The third-order valence-corrected chi connectivity index (χ3v) is 3.14. The van der Waals surface area contributed by atoms with Crippen molar-refractivity contribution < 1.29 is 19.6 Å². The summed E-state index contributed by atoms with van der Waals surface area (Å²) in [6.07, 6.45) is 0.946. The van der Waals surface area contributed by atoms with Crippen molar-refractivity contribution in [2.75, 3.05) is 0 Å². The molecule has 1 amide bonds. The second kappa shape index (κ2) is 7.58. The highest BCUT2D eigenvalue weighted by Crippen LogP contribution is 2.22. The Hall–Kier alpha value is -2.15. The lowest BCUT2D eigenvalue weighted by atomic mass is 10.1. The Bertz CT molecular complexity index is 561. The van der Waals surface area contributed by atoms with E-state index in [0.29, 0.717) is 12.8 Å². The zero-order chi connectivity index (χ0) is 16.0. The average Bonchev–Trinajstić information content (AvgIpc) is 2.38. The van der Waals surface area contributed by atoms with E-state index in [1.165, 1.54) is 12.1 Å². The first kappa shape index (κ1) is 16.9. The van der Waals surface area contributed by atoms with E-state index < -0.39 is 16.8 Å². The van der Waals surface area contributed by atoms with Crippen LogP contribution in [0.5, 0.6) is 0 Å². The number of carboxylic acid groups (broad SMARTS) is 1. The number of carbonyl (C=O) groups excluding carboxylic acids is 1. The number of nitrogens with one attached hydrogen (secondary N) is 1. The first-order valence-corrected chi connectivity index (χ1v) is 6.65. The first-order chi connectivity index (χ1) is 9.81. The minimum Gasteiger partial charge on any atom is -0.481 e. The van der Waals surface area contributed by atoms with Gasteiger partial charge in [0.25, 0.3) is 11.6 Å². The Morgan fingerprint density at radius 3 is 2.71 bits per heavy atom. The lowest BCUT2D eigenvalue weighted by Gasteiger charge is -2.13. The van der Waals surface area contributed by atoms with Crippen LogP contribution in [0.15, 0.2) is 18.2 Å². The molecule has 0 heterocycles. The number of rotatable bonds is 7. The molecule has 1 atom stereocenters. The Balaban J connectivity index is 2.68. The molecule has 1 aromatic rings. The molecular weight excluding hydrogens is 300 g/mol. The van der Waals surface area contributed by atoms with Gasteiger partial charge in [0.1, 0.15) is 0 Å². The molecule has 1 unspecified atom stereocenters. The maximum Gasteiger partial charge on any atom is 0.303 e. The lowest BCUT2D eigenvalue weighted by molar-refractivity contribution is -0.384. The van der Waals surface area contributed by atoms with E-state index in [0.717, 1.165) is 6.07 Å². The maximum absolute atomic E-state index is 12.0. The summed E-state index contributed by atoms with van der Waals surface area (Å²) < 4.78 is 0. The fourth-order valence-electron chi connectivity index (χ4n) is 1.73. The molecule has 0 saturated carbocycles. The lowest BCUT2D eigenvalue weighted by Crippen LogP contribution is -2.32. The number of nitro groups is 1. The topological polar surface area (TPSA) is 110 Å². The van der Waals surface area contributed by atoms with Gasteiger partial charge in [-0.1, -0.05) is 11.6 Å². The summed E-state index contributed by atoms with van der Waals surface area (Å²) in [6.45, 7) is 1.73. The van der Waals surface area contributed by atoms with Crippen molar-refractivity contribution in [2.45, 2.75) is 32.2 Å². The average molecular weight is 315 g/mol. The van der Waals surface area contributed by atoms with Crippen molar-refractivity contribution in [1.82, 2.24) is 5.32 Å². The Morgan fingerprint density at radius 2 is 2.14 bits per heavy atom. The van der Waals surface area contributed by atoms with Gasteiger partial charge in [0.15, 0.2) is 0 Å². The second-order valence-electron chi connectivity index (χ2n) is 4.58. The van der Waals surface area contributed by atoms with Crippen LogP contribution in [-0.4, -0.2) is 27.9 Å². The van der Waals surface area contributed by atoms with Crippen molar-refractivity contribution in [1.29, 1.82) is 0 Å². The van der Waals surface area contributed by atoms with Crippen LogP contribution in [0.25, 0.3) is 0 Å². The number of halogens is 1. The molecular formula is C13H15ClN2O5.